The van der Waals surface area contributed by atoms with Crippen molar-refractivity contribution >= 4 is 5.97 Å². The summed E-state index contributed by atoms with van der Waals surface area (Å²) in [5, 5.41) is 27.4. The molecule has 0 aliphatic carbocycles. The second-order valence-electron chi connectivity index (χ2n) is 4.43. The number of aliphatic hydroxyl groups is 2. The van der Waals surface area contributed by atoms with E-state index in [0.29, 0.717) is 19.5 Å². The van der Waals surface area contributed by atoms with Gasteiger partial charge >= 0.3 is 5.97 Å². The van der Waals surface area contributed by atoms with Gasteiger partial charge in [0.1, 0.15) is 18.2 Å². The number of carbonyl (C=O) groups is 1. The Morgan fingerprint density at radius 2 is 2.24 bits per heavy atom. The molecule has 1 saturated heterocycles. The first-order chi connectivity index (χ1) is 7.91. The van der Waals surface area contributed by atoms with Crippen LogP contribution in [0.3, 0.4) is 0 Å². The molecule has 7 heteroatoms. The molecule has 100 valence electrons. The summed E-state index contributed by atoms with van der Waals surface area (Å²) in [6.45, 7) is 1.06. The zero-order valence-electron chi connectivity index (χ0n) is 9.82. The van der Waals surface area contributed by atoms with Crippen molar-refractivity contribution in [3.8, 4) is 0 Å². The Bertz CT molecular complexity index is 263. The molecule has 0 saturated carbocycles. The molecule has 0 radical (unpaired) electrons. The number of likely N-dealkylation sites (N-methyl/N-ethyl adjacent to an activating group) is 1. The number of hydrogen-bond donors (Lipinski definition) is 4. The largest absolute Gasteiger partial charge is 0.480 e. The van der Waals surface area contributed by atoms with E-state index in [1.165, 1.54) is 0 Å². The Kier molecular flexibility index (Phi) is 5.29. The van der Waals surface area contributed by atoms with Crippen LogP contribution in [0.5, 0.6) is 0 Å². The zero-order chi connectivity index (χ0) is 13.0. The number of rotatable bonds is 6. The average Bonchev–Trinajstić information content (AvgIpc) is 2.57. The first kappa shape index (κ1) is 14.3. The molecule has 0 bridgehead atoms. The topological polar surface area (TPSA) is 116 Å². The van der Waals surface area contributed by atoms with Crippen LogP contribution in [0.15, 0.2) is 0 Å². The minimum absolute atomic E-state index is 0.133. The monoisotopic (exact) mass is 248 g/mol. The Morgan fingerprint density at radius 3 is 2.71 bits per heavy atom. The second kappa shape index (κ2) is 6.27. The van der Waals surface area contributed by atoms with Gasteiger partial charge in [-0.3, -0.25) is 4.79 Å². The van der Waals surface area contributed by atoms with Gasteiger partial charge in [0.25, 0.3) is 0 Å². The van der Waals surface area contributed by atoms with E-state index in [1.807, 2.05) is 4.90 Å². The molecule has 1 aliphatic rings. The van der Waals surface area contributed by atoms with Gasteiger partial charge in [-0.05, 0) is 20.0 Å². The lowest BCUT2D eigenvalue weighted by molar-refractivity contribution is -0.138. The van der Waals surface area contributed by atoms with Crippen molar-refractivity contribution in [2.75, 3.05) is 26.7 Å². The Morgan fingerprint density at radius 1 is 1.59 bits per heavy atom. The summed E-state index contributed by atoms with van der Waals surface area (Å²) in [6.07, 6.45) is -1.83. The standard InChI is InChI=1S/C10H20N2O5/c1-12(3-2-6(11)10(15)16)4-8-9(14)7(13)5-17-8/h6-9,13-14H,2-5,11H2,1H3,(H,15,16)/t6-,7-,8+,9-/m0/s1. The molecule has 1 fully saturated rings. The number of hydrogen-bond acceptors (Lipinski definition) is 6. The van der Waals surface area contributed by atoms with Gasteiger partial charge < -0.3 is 30.7 Å². The Balaban J connectivity index is 2.25. The molecular weight excluding hydrogens is 228 g/mol. The maximum atomic E-state index is 10.5. The predicted octanol–water partition coefficient (Wildman–Crippen LogP) is -2.16. The van der Waals surface area contributed by atoms with Crippen LogP contribution in [0.2, 0.25) is 0 Å². The smallest absolute Gasteiger partial charge is 0.320 e. The summed E-state index contributed by atoms with van der Waals surface area (Å²) >= 11 is 0. The third-order valence-corrected chi connectivity index (χ3v) is 2.89. The van der Waals surface area contributed by atoms with Crippen LogP contribution in [0, 0.1) is 0 Å². The van der Waals surface area contributed by atoms with Crippen molar-refractivity contribution in [1.82, 2.24) is 4.90 Å². The molecule has 0 aromatic carbocycles. The van der Waals surface area contributed by atoms with Crippen LogP contribution in [-0.4, -0.2) is 77.3 Å². The van der Waals surface area contributed by atoms with Gasteiger partial charge in [0.15, 0.2) is 0 Å². The molecule has 0 amide bonds. The molecule has 4 atom stereocenters. The fourth-order valence-electron chi connectivity index (χ4n) is 1.71. The van der Waals surface area contributed by atoms with Crippen LogP contribution in [0.4, 0.5) is 0 Å². The van der Waals surface area contributed by atoms with Crippen LogP contribution >= 0.6 is 0 Å². The third-order valence-electron chi connectivity index (χ3n) is 2.89. The molecule has 1 rings (SSSR count). The van der Waals surface area contributed by atoms with E-state index < -0.39 is 30.3 Å². The number of nitrogens with two attached hydrogens (primary N) is 1. The van der Waals surface area contributed by atoms with Crippen LogP contribution in [0.1, 0.15) is 6.42 Å². The molecule has 0 spiro atoms. The summed E-state index contributed by atoms with van der Waals surface area (Å²) in [4.78, 5) is 12.3. The summed E-state index contributed by atoms with van der Waals surface area (Å²) in [6, 6.07) is -0.877. The molecule has 1 heterocycles. The third kappa shape index (κ3) is 4.21. The number of aliphatic hydroxyl groups excluding tert-OH is 2. The molecule has 7 nitrogen and oxygen atoms in total. The average molecular weight is 248 g/mol. The Labute approximate surface area is 99.8 Å². The van der Waals surface area contributed by atoms with Gasteiger partial charge in [0.05, 0.1) is 12.7 Å². The number of ether oxygens (including phenoxy) is 1. The first-order valence-electron chi connectivity index (χ1n) is 5.56. The van der Waals surface area contributed by atoms with Gasteiger partial charge in [-0.15, -0.1) is 0 Å². The van der Waals surface area contributed by atoms with E-state index in [4.69, 9.17) is 15.6 Å². The molecule has 0 aromatic rings. The van der Waals surface area contributed by atoms with Crippen molar-refractivity contribution in [3.63, 3.8) is 0 Å². The highest BCUT2D eigenvalue weighted by atomic mass is 16.5. The van der Waals surface area contributed by atoms with E-state index in [2.05, 4.69) is 0 Å². The van der Waals surface area contributed by atoms with Crippen molar-refractivity contribution < 1.29 is 24.9 Å². The predicted molar refractivity (Wildman–Crippen MR) is 59.5 cm³/mol. The van der Waals surface area contributed by atoms with Crippen molar-refractivity contribution in [1.29, 1.82) is 0 Å². The van der Waals surface area contributed by atoms with Crippen molar-refractivity contribution in [2.24, 2.45) is 5.73 Å². The van der Waals surface area contributed by atoms with E-state index in [0.717, 1.165) is 0 Å². The minimum Gasteiger partial charge on any atom is -0.480 e. The van der Waals surface area contributed by atoms with E-state index in [9.17, 15) is 15.0 Å². The molecule has 1 aliphatic heterocycles. The summed E-state index contributed by atoms with van der Waals surface area (Å²) in [5.74, 6) is -1.02. The fraction of sp³-hybridized carbons (Fsp3) is 0.900. The number of nitrogens with zero attached hydrogens (tertiary/aromatic N) is 1. The quantitative estimate of drug-likeness (QED) is 0.423. The van der Waals surface area contributed by atoms with Gasteiger partial charge in [-0.1, -0.05) is 0 Å². The van der Waals surface area contributed by atoms with E-state index in [-0.39, 0.29) is 6.61 Å². The number of aliphatic carboxylic acids is 1. The van der Waals surface area contributed by atoms with Crippen molar-refractivity contribution in [2.45, 2.75) is 30.8 Å². The lowest BCUT2D eigenvalue weighted by Gasteiger charge is -2.23. The normalized spacial score (nSPS) is 30.8. The van der Waals surface area contributed by atoms with Crippen LogP contribution in [0.25, 0.3) is 0 Å². The van der Waals surface area contributed by atoms with Gasteiger partial charge in [-0.25, -0.2) is 0 Å². The highest BCUT2D eigenvalue weighted by Gasteiger charge is 2.34. The first-order valence-corrected chi connectivity index (χ1v) is 5.56. The van der Waals surface area contributed by atoms with Gasteiger partial charge in [0.2, 0.25) is 0 Å². The van der Waals surface area contributed by atoms with Crippen LogP contribution < -0.4 is 5.73 Å². The molecule has 5 N–H and O–H groups in total. The molecule has 0 aromatic heterocycles. The molecular formula is C10H20N2O5. The zero-order valence-corrected chi connectivity index (χ0v) is 9.82. The fourth-order valence-corrected chi connectivity index (χ4v) is 1.71. The SMILES string of the molecule is CN(CC[C@H](N)C(=O)O)C[C@H]1OC[C@H](O)[C@@H]1O. The highest BCUT2D eigenvalue weighted by molar-refractivity contribution is 5.72. The second-order valence-corrected chi connectivity index (χ2v) is 4.43. The minimum atomic E-state index is -1.02. The maximum absolute atomic E-state index is 10.5. The summed E-state index contributed by atoms with van der Waals surface area (Å²) < 4.78 is 5.21. The highest BCUT2D eigenvalue weighted by Crippen LogP contribution is 2.15. The van der Waals surface area contributed by atoms with E-state index in [1.54, 1.807) is 7.05 Å². The van der Waals surface area contributed by atoms with Crippen molar-refractivity contribution in [3.05, 3.63) is 0 Å². The lowest BCUT2D eigenvalue weighted by atomic mass is 10.1. The summed E-state index contributed by atoms with van der Waals surface area (Å²) in [7, 11) is 1.79. The van der Waals surface area contributed by atoms with Gasteiger partial charge in [-0.2, -0.15) is 0 Å². The van der Waals surface area contributed by atoms with E-state index >= 15 is 0 Å². The molecule has 17 heavy (non-hydrogen) atoms. The molecule has 0 unspecified atom stereocenters. The Hall–Kier alpha value is -0.730. The number of carboxylic acids is 1. The van der Waals surface area contributed by atoms with Crippen LogP contribution in [-0.2, 0) is 9.53 Å². The number of carboxylic acid groups (broad SMARTS) is 1. The summed E-state index contributed by atoms with van der Waals surface area (Å²) in [5.41, 5.74) is 5.38. The lowest BCUT2D eigenvalue weighted by Crippen LogP contribution is -2.40. The maximum Gasteiger partial charge on any atom is 0.320 e. The van der Waals surface area contributed by atoms with Gasteiger partial charge in [0, 0.05) is 6.54 Å².